The first-order valence-corrected chi connectivity index (χ1v) is 9.60. The van der Waals surface area contributed by atoms with E-state index >= 15 is 0 Å². The fourth-order valence-electron chi connectivity index (χ4n) is 3.42. The van der Waals surface area contributed by atoms with Crippen molar-refractivity contribution in [3.8, 4) is 5.75 Å². The molecule has 1 fully saturated rings. The quantitative estimate of drug-likeness (QED) is 0.801. The van der Waals surface area contributed by atoms with Gasteiger partial charge in [-0.25, -0.2) is 12.8 Å². The second-order valence-corrected chi connectivity index (χ2v) is 8.35. The van der Waals surface area contributed by atoms with Crippen molar-refractivity contribution in [2.75, 3.05) is 20.1 Å². The number of hydrogen-bond donors (Lipinski definition) is 0. The second kappa shape index (κ2) is 6.07. The van der Waals surface area contributed by atoms with E-state index in [0.717, 1.165) is 6.07 Å². The summed E-state index contributed by atoms with van der Waals surface area (Å²) in [5.41, 5.74) is 0.278. The van der Waals surface area contributed by atoms with Gasteiger partial charge in [0.1, 0.15) is 17.7 Å². The monoisotopic (exact) mass is 376 g/mol. The van der Waals surface area contributed by atoms with E-state index in [-0.39, 0.29) is 35.2 Å². The molecule has 0 aliphatic carbocycles. The van der Waals surface area contributed by atoms with Crippen molar-refractivity contribution in [1.82, 2.24) is 9.21 Å². The molecule has 2 atom stereocenters. The van der Waals surface area contributed by atoms with Crippen LogP contribution in [-0.2, 0) is 10.0 Å². The summed E-state index contributed by atoms with van der Waals surface area (Å²) in [4.78, 5) is 14.3. The fourth-order valence-corrected chi connectivity index (χ4v) is 4.91. The van der Waals surface area contributed by atoms with Gasteiger partial charge in [0.2, 0.25) is 10.0 Å². The number of fused-ring (bicyclic) bond motifs is 2. The van der Waals surface area contributed by atoms with Crippen LogP contribution in [0.25, 0.3) is 0 Å². The lowest BCUT2D eigenvalue weighted by atomic mass is 10.1. The summed E-state index contributed by atoms with van der Waals surface area (Å²) in [5.74, 6) is -0.677. The lowest BCUT2D eigenvalue weighted by molar-refractivity contribution is 0.0683. The van der Waals surface area contributed by atoms with E-state index in [1.807, 2.05) is 0 Å². The summed E-state index contributed by atoms with van der Waals surface area (Å²) >= 11 is 0. The van der Waals surface area contributed by atoms with Crippen molar-refractivity contribution in [2.45, 2.75) is 17.0 Å². The van der Waals surface area contributed by atoms with Gasteiger partial charge in [-0.3, -0.25) is 4.79 Å². The average Bonchev–Trinajstić information content (AvgIpc) is 3.02. The Bertz CT molecular complexity index is 964. The van der Waals surface area contributed by atoms with E-state index in [9.17, 15) is 17.6 Å². The summed E-state index contributed by atoms with van der Waals surface area (Å²) < 4.78 is 46.5. The molecular formula is C18H17FN2O4S. The molecule has 136 valence electrons. The molecule has 0 spiro atoms. The zero-order chi connectivity index (χ0) is 18.5. The van der Waals surface area contributed by atoms with Crippen LogP contribution in [-0.4, -0.2) is 55.8 Å². The van der Waals surface area contributed by atoms with Crippen LogP contribution in [0.5, 0.6) is 5.75 Å². The standard InChI is InChI=1S/C18H17FN2O4S/c1-20-15-10-21(26(23,24)13-5-3-2-4-6-13)11-17(15)25-16-9-12(19)7-8-14(16)18(20)22/h2-9,15,17H,10-11H2,1H3/t15-,17+/m1/s1. The van der Waals surface area contributed by atoms with Gasteiger partial charge in [-0.15, -0.1) is 0 Å². The van der Waals surface area contributed by atoms with Gasteiger partial charge < -0.3 is 9.64 Å². The van der Waals surface area contributed by atoms with Crippen LogP contribution < -0.4 is 4.74 Å². The van der Waals surface area contributed by atoms with E-state index in [1.165, 1.54) is 33.5 Å². The molecular weight excluding hydrogens is 359 g/mol. The molecule has 8 heteroatoms. The smallest absolute Gasteiger partial charge is 0.257 e. The highest BCUT2D eigenvalue weighted by atomic mass is 32.2. The number of nitrogens with zero attached hydrogens (tertiary/aromatic N) is 2. The largest absolute Gasteiger partial charge is 0.486 e. The van der Waals surface area contributed by atoms with Crippen LogP contribution in [0.3, 0.4) is 0 Å². The number of likely N-dealkylation sites (N-methyl/N-ethyl adjacent to an activating group) is 1. The molecule has 0 saturated carbocycles. The van der Waals surface area contributed by atoms with Crippen molar-refractivity contribution in [3.63, 3.8) is 0 Å². The second-order valence-electron chi connectivity index (χ2n) is 6.42. The van der Waals surface area contributed by atoms with E-state index in [4.69, 9.17) is 4.74 Å². The summed E-state index contributed by atoms with van der Waals surface area (Å²) in [6.07, 6.45) is -0.564. The topological polar surface area (TPSA) is 66.9 Å². The molecule has 0 N–H and O–H groups in total. The number of sulfonamides is 1. The Morgan fingerprint density at radius 3 is 2.58 bits per heavy atom. The zero-order valence-electron chi connectivity index (χ0n) is 14.0. The number of ether oxygens (including phenoxy) is 1. The summed E-state index contributed by atoms with van der Waals surface area (Å²) in [7, 11) is -2.08. The molecule has 26 heavy (non-hydrogen) atoms. The first-order chi connectivity index (χ1) is 12.4. The van der Waals surface area contributed by atoms with E-state index in [2.05, 4.69) is 0 Å². The van der Waals surface area contributed by atoms with Gasteiger partial charge in [0.05, 0.1) is 23.0 Å². The molecule has 1 saturated heterocycles. The number of benzene rings is 2. The van der Waals surface area contributed by atoms with Crippen LogP contribution >= 0.6 is 0 Å². The SMILES string of the molecule is CN1C(=O)c2ccc(F)cc2O[C@H]2CN(S(=O)(=O)c3ccccc3)C[C@H]21. The molecule has 4 rings (SSSR count). The summed E-state index contributed by atoms with van der Waals surface area (Å²) in [6.45, 7) is 0.218. The first kappa shape index (κ1) is 17.0. The van der Waals surface area contributed by atoms with Crippen molar-refractivity contribution >= 4 is 15.9 Å². The van der Waals surface area contributed by atoms with Gasteiger partial charge in [0.25, 0.3) is 5.91 Å². The van der Waals surface area contributed by atoms with Crippen molar-refractivity contribution < 1.29 is 22.3 Å². The van der Waals surface area contributed by atoms with Crippen molar-refractivity contribution in [2.24, 2.45) is 0 Å². The van der Waals surface area contributed by atoms with Gasteiger partial charge in [0.15, 0.2) is 0 Å². The lowest BCUT2D eigenvalue weighted by Crippen LogP contribution is -2.44. The Balaban J connectivity index is 1.68. The summed E-state index contributed by atoms with van der Waals surface area (Å²) in [5, 5.41) is 0. The minimum atomic E-state index is -3.69. The third-order valence-electron chi connectivity index (χ3n) is 4.85. The van der Waals surface area contributed by atoms with Crippen molar-refractivity contribution in [3.05, 3.63) is 59.9 Å². The number of rotatable bonds is 2. The molecule has 2 aliphatic rings. The highest BCUT2D eigenvalue weighted by Crippen LogP contribution is 2.33. The molecule has 0 aromatic heterocycles. The van der Waals surface area contributed by atoms with Gasteiger partial charge in [-0.2, -0.15) is 4.31 Å². The van der Waals surface area contributed by atoms with Gasteiger partial charge >= 0.3 is 0 Å². The predicted molar refractivity (Wildman–Crippen MR) is 91.9 cm³/mol. The molecule has 2 aromatic rings. The maximum Gasteiger partial charge on any atom is 0.257 e. The fraction of sp³-hybridized carbons (Fsp3) is 0.278. The van der Waals surface area contributed by atoms with E-state index in [0.29, 0.717) is 0 Å². The number of hydrogen-bond acceptors (Lipinski definition) is 4. The normalized spacial score (nSPS) is 23.2. The Labute approximate surface area is 150 Å². The maximum absolute atomic E-state index is 13.6. The highest BCUT2D eigenvalue weighted by molar-refractivity contribution is 7.89. The van der Waals surface area contributed by atoms with Crippen LogP contribution in [0.2, 0.25) is 0 Å². The van der Waals surface area contributed by atoms with Gasteiger partial charge in [-0.1, -0.05) is 18.2 Å². The lowest BCUT2D eigenvalue weighted by Gasteiger charge is -2.25. The number of amides is 1. The van der Waals surface area contributed by atoms with E-state index < -0.39 is 28.0 Å². The number of halogens is 1. The molecule has 2 aromatic carbocycles. The Morgan fingerprint density at radius 1 is 1.12 bits per heavy atom. The Kier molecular flexibility index (Phi) is 3.96. The van der Waals surface area contributed by atoms with Crippen molar-refractivity contribution in [1.29, 1.82) is 0 Å². The number of carbonyl (C=O) groups is 1. The highest BCUT2D eigenvalue weighted by Gasteiger charge is 2.46. The molecule has 6 nitrogen and oxygen atoms in total. The molecule has 1 amide bonds. The minimum absolute atomic E-state index is 0.0927. The third kappa shape index (κ3) is 2.65. The Morgan fingerprint density at radius 2 is 1.85 bits per heavy atom. The Hall–Kier alpha value is -2.45. The van der Waals surface area contributed by atoms with Crippen LogP contribution in [0.15, 0.2) is 53.4 Å². The van der Waals surface area contributed by atoms with Gasteiger partial charge in [-0.05, 0) is 24.3 Å². The molecule has 0 radical (unpaired) electrons. The molecule has 0 unspecified atom stereocenters. The summed E-state index contributed by atoms with van der Waals surface area (Å²) in [6, 6.07) is 11.4. The number of carbonyl (C=O) groups excluding carboxylic acids is 1. The first-order valence-electron chi connectivity index (χ1n) is 8.16. The predicted octanol–water partition coefficient (Wildman–Crippen LogP) is 1.73. The van der Waals surface area contributed by atoms with Gasteiger partial charge in [0, 0.05) is 19.7 Å². The minimum Gasteiger partial charge on any atom is -0.486 e. The van der Waals surface area contributed by atoms with Crippen LogP contribution in [0, 0.1) is 5.82 Å². The zero-order valence-corrected chi connectivity index (χ0v) is 14.8. The van der Waals surface area contributed by atoms with E-state index in [1.54, 1.807) is 25.2 Å². The van der Waals surface area contributed by atoms with Crippen LogP contribution in [0.1, 0.15) is 10.4 Å². The molecule has 2 heterocycles. The molecule has 0 bridgehead atoms. The molecule has 2 aliphatic heterocycles. The van der Waals surface area contributed by atoms with Crippen LogP contribution in [0.4, 0.5) is 4.39 Å². The third-order valence-corrected chi connectivity index (χ3v) is 6.70. The average molecular weight is 376 g/mol. The maximum atomic E-state index is 13.6.